The Balaban J connectivity index is 2.29. The molecule has 0 N–H and O–H groups in total. The van der Waals surface area contributed by atoms with Crippen molar-refractivity contribution in [2.24, 2.45) is 0 Å². The van der Waals surface area contributed by atoms with Crippen LogP contribution in [0.2, 0.25) is 0 Å². The summed E-state index contributed by atoms with van der Waals surface area (Å²) in [4.78, 5) is 4.43. The Labute approximate surface area is 125 Å². The predicted octanol–water partition coefficient (Wildman–Crippen LogP) is 2.22. The van der Waals surface area contributed by atoms with E-state index in [9.17, 15) is 8.42 Å². The van der Waals surface area contributed by atoms with Crippen LogP contribution in [0, 0.1) is 6.92 Å². The molecule has 0 aliphatic rings. The van der Waals surface area contributed by atoms with E-state index in [4.69, 9.17) is 4.74 Å². The molecule has 0 saturated carbocycles. The molecule has 0 radical (unpaired) electrons. The van der Waals surface area contributed by atoms with E-state index in [1.165, 1.54) is 4.31 Å². The van der Waals surface area contributed by atoms with Crippen molar-refractivity contribution in [3.8, 4) is 5.75 Å². The van der Waals surface area contributed by atoms with Crippen molar-refractivity contribution in [2.75, 3.05) is 14.2 Å². The van der Waals surface area contributed by atoms with Gasteiger partial charge >= 0.3 is 0 Å². The molecule has 5 nitrogen and oxygen atoms in total. The lowest BCUT2D eigenvalue weighted by atomic mass is 10.2. The summed E-state index contributed by atoms with van der Waals surface area (Å²) in [6.07, 6.45) is 1.65. The smallest absolute Gasteiger partial charge is 0.243 e. The number of rotatable bonds is 5. The molecule has 0 amide bonds. The molecule has 0 saturated heterocycles. The number of aryl methyl sites for hydroxylation is 1. The van der Waals surface area contributed by atoms with E-state index < -0.39 is 10.0 Å². The summed E-state index contributed by atoms with van der Waals surface area (Å²) >= 11 is 0. The first kappa shape index (κ1) is 15.5. The number of hydrogen-bond donors (Lipinski definition) is 0. The zero-order valence-electron chi connectivity index (χ0n) is 12.3. The van der Waals surface area contributed by atoms with Crippen LogP contribution in [0.25, 0.3) is 0 Å². The first-order valence-electron chi connectivity index (χ1n) is 6.46. The number of benzene rings is 1. The Morgan fingerprint density at radius 1 is 1.24 bits per heavy atom. The first-order chi connectivity index (χ1) is 9.95. The van der Waals surface area contributed by atoms with E-state index in [0.717, 1.165) is 0 Å². The molecular formula is C15H18N2O3S. The molecule has 2 aromatic rings. The number of sulfonamides is 1. The second-order valence-corrected chi connectivity index (χ2v) is 6.73. The molecule has 0 bridgehead atoms. The van der Waals surface area contributed by atoms with Crippen LogP contribution < -0.4 is 4.74 Å². The van der Waals surface area contributed by atoms with E-state index in [0.29, 0.717) is 17.0 Å². The van der Waals surface area contributed by atoms with Gasteiger partial charge in [0, 0.05) is 13.2 Å². The Hall–Kier alpha value is -1.92. The molecule has 0 unspecified atom stereocenters. The number of aromatic nitrogens is 1. The third-order valence-electron chi connectivity index (χ3n) is 3.18. The highest BCUT2D eigenvalue weighted by molar-refractivity contribution is 7.89. The minimum atomic E-state index is -3.56. The van der Waals surface area contributed by atoms with Crippen molar-refractivity contribution in [3.63, 3.8) is 0 Å². The largest absolute Gasteiger partial charge is 0.497 e. The summed E-state index contributed by atoms with van der Waals surface area (Å²) in [5.41, 5.74) is 1.36. The molecule has 1 heterocycles. The minimum absolute atomic E-state index is 0.231. The maximum Gasteiger partial charge on any atom is 0.243 e. The fraction of sp³-hybridized carbons (Fsp3) is 0.267. The summed E-state index contributed by atoms with van der Waals surface area (Å²) in [6, 6.07) is 10.4. The van der Waals surface area contributed by atoms with Crippen molar-refractivity contribution in [3.05, 3.63) is 53.9 Å². The van der Waals surface area contributed by atoms with Crippen LogP contribution in [0.3, 0.4) is 0 Å². The van der Waals surface area contributed by atoms with Crippen molar-refractivity contribution < 1.29 is 13.2 Å². The van der Waals surface area contributed by atoms with E-state index >= 15 is 0 Å². The third-order valence-corrected chi connectivity index (χ3v) is 5.14. The number of ether oxygens (including phenoxy) is 1. The molecule has 2 rings (SSSR count). The summed E-state index contributed by atoms with van der Waals surface area (Å²) in [5.74, 6) is 0.638. The molecule has 6 heteroatoms. The molecule has 21 heavy (non-hydrogen) atoms. The Morgan fingerprint density at radius 2 is 2.00 bits per heavy atom. The Kier molecular flexibility index (Phi) is 4.59. The topological polar surface area (TPSA) is 59.5 Å². The molecule has 0 atom stereocenters. The van der Waals surface area contributed by atoms with Gasteiger partial charge in [0.05, 0.1) is 24.2 Å². The predicted molar refractivity (Wildman–Crippen MR) is 80.6 cm³/mol. The maximum atomic E-state index is 12.6. The number of pyridine rings is 1. The number of methoxy groups -OCH3 is 1. The van der Waals surface area contributed by atoms with Crippen molar-refractivity contribution in [1.82, 2.24) is 9.29 Å². The van der Waals surface area contributed by atoms with Crippen LogP contribution in [0.1, 0.15) is 11.3 Å². The van der Waals surface area contributed by atoms with E-state index in [-0.39, 0.29) is 11.4 Å². The third kappa shape index (κ3) is 3.40. The second kappa shape index (κ2) is 6.24. The Morgan fingerprint density at radius 3 is 2.57 bits per heavy atom. The van der Waals surface area contributed by atoms with Crippen LogP contribution in [0.4, 0.5) is 0 Å². The molecule has 0 spiro atoms. The number of nitrogens with zero attached hydrogens (tertiary/aromatic N) is 2. The van der Waals surface area contributed by atoms with E-state index in [1.54, 1.807) is 57.6 Å². The SMILES string of the molecule is COc1ccc(S(=O)(=O)N(C)Cc2ccccn2)c(C)c1. The van der Waals surface area contributed by atoms with Crippen LogP contribution in [0.5, 0.6) is 5.75 Å². The van der Waals surface area contributed by atoms with Gasteiger partial charge in [-0.05, 0) is 42.8 Å². The fourth-order valence-corrected chi connectivity index (χ4v) is 3.35. The average molecular weight is 306 g/mol. The highest BCUT2D eigenvalue weighted by Crippen LogP contribution is 2.24. The van der Waals surface area contributed by atoms with Crippen molar-refractivity contribution >= 4 is 10.0 Å². The Bertz CT molecular complexity index is 715. The zero-order chi connectivity index (χ0) is 15.5. The average Bonchev–Trinajstić information content (AvgIpc) is 2.47. The monoisotopic (exact) mass is 306 g/mol. The van der Waals surface area contributed by atoms with Gasteiger partial charge in [-0.1, -0.05) is 6.07 Å². The molecule has 112 valence electrons. The van der Waals surface area contributed by atoms with Crippen LogP contribution in [-0.2, 0) is 16.6 Å². The standard InChI is InChI=1S/C15H18N2O3S/c1-12-10-14(20-3)7-8-15(12)21(18,19)17(2)11-13-6-4-5-9-16-13/h4-10H,11H2,1-3H3. The van der Waals surface area contributed by atoms with Crippen molar-refractivity contribution in [2.45, 2.75) is 18.4 Å². The second-order valence-electron chi connectivity index (χ2n) is 4.71. The summed E-state index contributed by atoms with van der Waals surface area (Å²) in [7, 11) is -0.454. The summed E-state index contributed by atoms with van der Waals surface area (Å²) in [5, 5.41) is 0. The quantitative estimate of drug-likeness (QED) is 0.850. The maximum absolute atomic E-state index is 12.6. The normalized spacial score (nSPS) is 11.6. The van der Waals surface area contributed by atoms with Gasteiger partial charge in [-0.15, -0.1) is 0 Å². The molecule has 0 aliphatic carbocycles. The van der Waals surface area contributed by atoms with Gasteiger partial charge in [-0.2, -0.15) is 4.31 Å². The molecular weight excluding hydrogens is 288 g/mol. The molecule has 1 aromatic heterocycles. The minimum Gasteiger partial charge on any atom is -0.497 e. The van der Waals surface area contributed by atoms with Gasteiger partial charge in [0.25, 0.3) is 0 Å². The van der Waals surface area contributed by atoms with Crippen LogP contribution in [-0.4, -0.2) is 31.9 Å². The van der Waals surface area contributed by atoms with Crippen LogP contribution >= 0.6 is 0 Å². The fourth-order valence-electron chi connectivity index (χ4n) is 2.01. The highest BCUT2D eigenvalue weighted by Gasteiger charge is 2.23. The lowest BCUT2D eigenvalue weighted by Gasteiger charge is -2.18. The molecule has 1 aromatic carbocycles. The molecule has 0 aliphatic heterocycles. The van der Waals surface area contributed by atoms with Gasteiger partial charge in [0.15, 0.2) is 0 Å². The van der Waals surface area contributed by atoms with E-state index in [1.807, 2.05) is 6.07 Å². The lowest BCUT2D eigenvalue weighted by Crippen LogP contribution is -2.27. The van der Waals surface area contributed by atoms with E-state index in [2.05, 4.69) is 4.98 Å². The van der Waals surface area contributed by atoms with Crippen molar-refractivity contribution in [1.29, 1.82) is 0 Å². The summed E-state index contributed by atoms with van der Waals surface area (Å²) < 4.78 is 31.6. The highest BCUT2D eigenvalue weighted by atomic mass is 32.2. The van der Waals surface area contributed by atoms with Gasteiger partial charge in [0.1, 0.15) is 5.75 Å². The van der Waals surface area contributed by atoms with Gasteiger partial charge < -0.3 is 4.74 Å². The lowest BCUT2D eigenvalue weighted by molar-refractivity contribution is 0.413. The van der Waals surface area contributed by atoms with Gasteiger partial charge in [0.2, 0.25) is 10.0 Å². The zero-order valence-corrected chi connectivity index (χ0v) is 13.1. The van der Waals surface area contributed by atoms with Gasteiger partial charge in [-0.3, -0.25) is 4.98 Å². The van der Waals surface area contributed by atoms with Gasteiger partial charge in [-0.25, -0.2) is 8.42 Å². The molecule has 0 fully saturated rings. The number of hydrogen-bond acceptors (Lipinski definition) is 4. The van der Waals surface area contributed by atoms with Crippen LogP contribution in [0.15, 0.2) is 47.5 Å². The first-order valence-corrected chi connectivity index (χ1v) is 7.90. The summed E-state index contributed by atoms with van der Waals surface area (Å²) in [6.45, 7) is 1.98.